The Morgan fingerprint density at radius 1 is 0.889 bits per heavy atom. The highest BCUT2D eigenvalue weighted by Crippen LogP contribution is 2.30. The van der Waals surface area contributed by atoms with E-state index in [9.17, 15) is 8.42 Å². The van der Waals surface area contributed by atoms with Gasteiger partial charge in [-0.2, -0.15) is 17.0 Å². The molecular weight excluding hydrogens is 274 g/mol. The molecule has 18 heavy (non-hydrogen) atoms. The molecule has 3 fully saturated rings. The van der Waals surface area contributed by atoms with Gasteiger partial charge >= 0.3 is 0 Å². The van der Waals surface area contributed by atoms with Gasteiger partial charge in [-0.05, 0) is 37.8 Å². The number of nitrogens with zero attached hydrogens (tertiary/aromatic N) is 2. The van der Waals surface area contributed by atoms with E-state index in [4.69, 9.17) is 0 Å². The van der Waals surface area contributed by atoms with Crippen molar-refractivity contribution >= 4 is 22.6 Å². The maximum absolute atomic E-state index is 12.5. The second kappa shape index (κ2) is 5.63. The van der Waals surface area contributed by atoms with E-state index in [-0.39, 0.29) is 12.4 Å². The lowest BCUT2D eigenvalue weighted by molar-refractivity contribution is 0.311. The van der Waals surface area contributed by atoms with E-state index < -0.39 is 10.2 Å². The Morgan fingerprint density at radius 2 is 1.44 bits per heavy atom. The molecule has 0 amide bonds. The van der Waals surface area contributed by atoms with Crippen LogP contribution < -0.4 is 5.32 Å². The minimum atomic E-state index is -3.16. The summed E-state index contributed by atoms with van der Waals surface area (Å²) in [6.45, 7) is 4.83. The van der Waals surface area contributed by atoms with Crippen LogP contribution in [0.5, 0.6) is 0 Å². The van der Waals surface area contributed by atoms with Crippen LogP contribution in [0.2, 0.25) is 0 Å². The summed E-state index contributed by atoms with van der Waals surface area (Å²) in [7, 11) is -3.16. The zero-order chi connectivity index (χ0) is 11.9. The number of halogens is 1. The number of piperidine rings is 1. The molecule has 0 bridgehead atoms. The Labute approximate surface area is 115 Å². The van der Waals surface area contributed by atoms with Gasteiger partial charge in [0.15, 0.2) is 0 Å². The van der Waals surface area contributed by atoms with Crippen molar-refractivity contribution in [2.24, 2.45) is 11.8 Å². The highest BCUT2D eigenvalue weighted by molar-refractivity contribution is 7.86. The molecule has 0 aliphatic carbocycles. The van der Waals surface area contributed by atoms with Crippen molar-refractivity contribution in [2.75, 3.05) is 39.3 Å². The Kier molecular flexibility index (Phi) is 4.54. The summed E-state index contributed by atoms with van der Waals surface area (Å²) < 4.78 is 28.3. The van der Waals surface area contributed by atoms with Crippen molar-refractivity contribution in [2.45, 2.75) is 19.3 Å². The standard InChI is InChI=1S/C11H21N3O2S.ClH/c15-17(16,13-4-2-1-3-5-13)14-8-10-6-12-7-11(10)9-14;/h10-12H,1-9H2;1H/t10-,11+;. The van der Waals surface area contributed by atoms with Gasteiger partial charge in [0.05, 0.1) is 0 Å². The van der Waals surface area contributed by atoms with Gasteiger partial charge in [-0.25, -0.2) is 0 Å². The van der Waals surface area contributed by atoms with Crippen LogP contribution in [0.15, 0.2) is 0 Å². The van der Waals surface area contributed by atoms with Crippen molar-refractivity contribution in [1.82, 2.24) is 13.9 Å². The quantitative estimate of drug-likeness (QED) is 0.797. The average molecular weight is 296 g/mol. The van der Waals surface area contributed by atoms with Gasteiger partial charge in [-0.3, -0.25) is 0 Å². The molecule has 0 aromatic heterocycles. The second-order valence-electron chi connectivity index (χ2n) is 5.46. The van der Waals surface area contributed by atoms with Crippen molar-refractivity contribution in [1.29, 1.82) is 0 Å². The van der Waals surface area contributed by atoms with E-state index in [0.717, 1.165) is 39.0 Å². The molecule has 3 aliphatic heterocycles. The predicted molar refractivity (Wildman–Crippen MR) is 73.0 cm³/mol. The summed E-state index contributed by atoms with van der Waals surface area (Å²) in [4.78, 5) is 0. The van der Waals surface area contributed by atoms with Gasteiger partial charge in [0.25, 0.3) is 10.2 Å². The number of rotatable bonds is 2. The molecule has 106 valence electrons. The maximum Gasteiger partial charge on any atom is 0.281 e. The van der Waals surface area contributed by atoms with Crippen LogP contribution in [-0.4, -0.2) is 56.3 Å². The number of nitrogens with one attached hydrogen (secondary N) is 1. The zero-order valence-corrected chi connectivity index (χ0v) is 12.2. The zero-order valence-electron chi connectivity index (χ0n) is 10.5. The first kappa shape index (κ1) is 14.5. The number of hydrogen-bond acceptors (Lipinski definition) is 3. The molecule has 3 aliphatic rings. The fourth-order valence-corrected chi connectivity index (χ4v) is 5.07. The second-order valence-corrected chi connectivity index (χ2v) is 7.39. The van der Waals surface area contributed by atoms with E-state index in [1.807, 2.05) is 0 Å². The van der Waals surface area contributed by atoms with Gasteiger partial charge in [-0.1, -0.05) is 6.42 Å². The third-order valence-corrected chi connectivity index (χ3v) is 6.29. The topological polar surface area (TPSA) is 52.7 Å². The fraction of sp³-hybridized carbons (Fsp3) is 1.00. The third-order valence-electron chi connectivity index (χ3n) is 4.32. The van der Waals surface area contributed by atoms with Crippen LogP contribution in [0, 0.1) is 11.8 Å². The summed E-state index contributed by atoms with van der Waals surface area (Å²) in [5, 5.41) is 3.34. The molecule has 0 saturated carbocycles. The van der Waals surface area contributed by atoms with Gasteiger partial charge < -0.3 is 5.32 Å². The molecule has 0 spiro atoms. The predicted octanol–water partition coefficient (Wildman–Crippen LogP) is 0.290. The van der Waals surface area contributed by atoms with Crippen LogP contribution in [-0.2, 0) is 10.2 Å². The van der Waals surface area contributed by atoms with E-state index in [1.165, 1.54) is 6.42 Å². The van der Waals surface area contributed by atoms with Crippen LogP contribution in [0.25, 0.3) is 0 Å². The molecule has 3 rings (SSSR count). The highest BCUT2D eigenvalue weighted by atomic mass is 35.5. The van der Waals surface area contributed by atoms with Gasteiger partial charge in [0.2, 0.25) is 0 Å². The van der Waals surface area contributed by atoms with Gasteiger partial charge in [0.1, 0.15) is 0 Å². The minimum Gasteiger partial charge on any atom is -0.316 e. The van der Waals surface area contributed by atoms with Crippen molar-refractivity contribution in [3.05, 3.63) is 0 Å². The van der Waals surface area contributed by atoms with Crippen molar-refractivity contribution in [3.8, 4) is 0 Å². The monoisotopic (exact) mass is 295 g/mol. The van der Waals surface area contributed by atoms with E-state index in [0.29, 0.717) is 24.9 Å². The lowest BCUT2D eigenvalue weighted by Gasteiger charge is -2.30. The largest absolute Gasteiger partial charge is 0.316 e. The molecule has 0 unspecified atom stereocenters. The molecule has 5 nitrogen and oxygen atoms in total. The molecule has 0 aromatic carbocycles. The first-order valence-corrected chi connectivity index (χ1v) is 8.03. The normalized spacial score (nSPS) is 34.2. The van der Waals surface area contributed by atoms with Crippen LogP contribution >= 0.6 is 12.4 Å². The molecule has 0 radical (unpaired) electrons. The summed E-state index contributed by atoms with van der Waals surface area (Å²) in [5.41, 5.74) is 0. The van der Waals surface area contributed by atoms with Crippen LogP contribution in [0.3, 0.4) is 0 Å². The molecule has 3 heterocycles. The average Bonchev–Trinajstić information content (AvgIpc) is 2.90. The van der Waals surface area contributed by atoms with Crippen molar-refractivity contribution in [3.63, 3.8) is 0 Å². The summed E-state index contributed by atoms with van der Waals surface area (Å²) in [6, 6.07) is 0. The molecule has 0 aromatic rings. The Balaban J connectivity index is 0.00000120. The van der Waals surface area contributed by atoms with Gasteiger partial charge in [-0.15, -0.1) is 12.4 Å². The van der Waals surface area contributed by atoms with Gasteiger partial charge in [0, 0.05) is 26.2 Å². The van der Waals surface area contributed by atoms with Crippen molar-refractivity contribution < 1.29 is 8.42 Å². The third kappa shape index (κ3) is 2.54. The minimum absolute atomic E-state index is 0. The Morgan fingerprint density at radius 3 is 2.00 bits per heavy atom. The van der Waals surface area contributed by atoms with E-state index >= 15 is 0 Å². The molecular formula is C11H22ClN3O2S. The lowest BCUT2D eigenvalue weighted by Crippen LogP contribution is -2.45. The molecule has 3 saturated heterocycles. The SMILES string of the molecule is Cl.O=S(=O)(N1CCCCC1)N1C[C@H]2CNC[C@H]2C1. The number of hydrogen-bond donors (Lipinski definition) is 1. The van der Waals surface area contributed by atoms with Crippen LogP contribution in [0.4, 0.5) is 0 Å². The molecule has 2 atom stereocenters. The smallest absolute Gasteiger partial charge is 0.281 e. The number of fused-ring (bicyclic) bond motifs is 1. The first-order chi connectivity index (χ1) is 8.18. The fourth-order valence-electron chi connectivity index (χ4n) is 3.26. The molecule has 1 N–H and O–H groups in total. The molecule has 7 heteroatoms. The summed E-state index contributed by atoms with van der Waals surface area (Å²) >= 11 is 0. The maximum atomic E-state index is 12.5. The Hall–Kier alpha value is 0.120. The van der Waals surface area contributed by atoms with E-state index in [2.05, 4.69) is 5.32 Å². The first-order valence-electron chi connectivity index (χ1n) is 6.64. The van der Waals surface area contributed by atoms with E-state index in [1.54, 1.807) is 8.61 Å². The Bertz CT molecular complexity index is 372. The lowest BCUT2D eigenvalue weighted by atomic mass is 10.0. The van der Waals surface area contributed by atoms with Crippen LogP contribution in [0.1, 0.15) is 19.3 Å². The summed E-state index contributed by atoms with van der Waals surface area (Å²) in [5.74, 6) is 1.07. The summed E-state index contributed by atoms with van der Waals surface area (Å²) in [6.07, 6.45) is 3.20. The highest BCUT2D eigenvalue weighted by Gasteiger charge is 2.43.